The van der Waals surface area contributed by atoms with E-state index in [-0.39, 0.29) is 17.7 Å². The second kappa shape index (κ2) is 14.8. The molecule has 0 aromatic carbocycles. The van der Waals surface area contributed by atoms with Gasteiger partial charge in [-0.15, -0.1) is 0 Å². The van der Waals surface area contributed by atoms with E-state index in [9.17, 15) is 14.7 Å². The summed E-state index contributed by atoms with van der Waals surface area (Å²) in [6.07, 6.45) is 8.92. The summed E-state index contributed by atoms with van der Waals surface area (Å²) in [4.78, 5) is 39.6. The highest BCUT2D eigenvalue weighted by atomic mass is 16.5. The van der Waals surface area contributed by atoms with Crippen molar-refractivity contribution in [3.63, 3.8) is 0 Å². The molecule has 1 amide bonds. The van der Waals surface area contributed by atoms with Gasteiger partial charge in [0.15, 0.2) is 5.75 Å². The number of hydrogen-bond donors (Lipinski definition) is 3. The van der Waals surface area contributed by atoms with Crippen LogP contribution in [0, 0.1) is 12.3 Å². The lowest BCUT2D eigenvalue weighted by molar-refractivity contribution is -0.142. The number of hydrogen-bond acceptors (Lipinski definition) is 8. The number of amides is 1. The van der Waals surface area contributed by atoms with Gasteiger partial charge in [0, 0.05) is 31.7 Å². The van der Waals surface area contributed by atoms with Crippen molar-refractivity contribution in [1.82, 2.24) is 25.2 Å². The first kappa shape index (κ1) is 30.3. The molecule has 1 aliphatic heterocycles. The molecule has 0 radical (unpaired) electrons. The maximum Gasteiger partial charge on any atom is 0.326 e. The standard InChI is InChI=1S/C29H44N6O4/c1-21-31-19-24(20-32-21)39-17-16-35(15-12-25(28(37)38)34-26(36)18-29(2,3)4)14-6-5-9-23-11-10-22-8-7-13-30-27(22)33-23/h10-11,19-20,25H,5-9,12-18H2,1-4H3,(H,30,33)(H,34,36)(H,37,38). The Balaban J connectivity index is 1.52. The van der Waals surface area contributed by atoms with Crippen LogP contribution in [0.5, 0.6) is 5.75 Å². The van der Waals surface area contributed by atoms with Crippen molar-refractivity contribution < 1.29 is 19.4 Å². The van der Waals surface area contributed by atoms with Crippen molar-refractivity contribution in [3.05, 3.63) is 41.6 Å². The molecule has 39 heavy (non-hydrogen) atoms. The smallest absolute Gasteiger partial charge is 0.326 e. The zero-order chi connectivity index (χ0) is 28.3. The van der Waals surface area contributed by atoms with E-state index in [2.05, 4.69) is 37.6 Å². The van der Waals surface area contributed by atoms with Crippen LogP contribution in [0.2, 0.25) is 0 Å². The second-order valence-corrected chi connectivity index (χ2v) is 11.4. The third kappa shape index (κ3) is 11.2. The van der Waals surface area contributed by atoms with Crippen LogP contribution in [0.1, 0.15) is 70.0 Å². The molecule has 10 heteroatoms. The number of aryl methyl sites for hydroxylation is 3. The van der Waals surface area contributed by atoms with Crippen LogP contribution in [-0.4, -0.2) is 75.7 Å². The van der Waals surface area contributed by atoms with Gasteiger partial charge in [-0.2, -0.15) is 0 Å². The molecule has 214 valence electrons. The fraction of sp³-hybridized carbons (Fsp3) is 0.621. The number of anilines is 1. The van der Waals surface area contributed by atoms with Crippen LogP contribution < -0.4 is 15.4 Å². The van der Waals surface area contributed by atoms with E-state index in [1.807, 2.05) is 27.7 Å². The number of carbonyl (C=O) groups excluding carboxylic acids is 1. The zero-order valence-electron chi connectivity index (χ0n) is 23.8. The normalized spacial score (nSPS) is 13.9. The minimum atomic E-state index is -1.02. The summed E-state index contributed by atoms with van der Waals surface area (Å²) in [5.41, 5.74) is 2.17. The van der Waals surface area contributed by atoms with Crippen molar-refractivity contribution in [2.24, 2.45) is 5.41 Å². The summed E-state index contributed by atoms with van der Waals surface area (Å²) in [5.74, 6) is 1.05. The fourth-order valence-electron chi connectivity index (χ4n) is 4.53. The number of carbonyl (C=O) groups is 2. The number of aromatic nitrogens is 3. The quantitative estimate of drug-likeness (QED) is 0.290. The van der Waals surface area contributed by atoms with Crippen molar-refractivity contribution in [2.45, 2.75) is 78.7 Å². The summed E-state index contributed by atoms with van der Waals surface area (Å²) in [6, 6.07) is 3.38. The summed E-state index contributed by atoms with van der Waals surface area (Å²) >= 11 is 0. The molecule has 0 aliphatic carbocycles. The highest BCUT2D eigenvalue weighted by Gasteiger charge is 2.24. The third-order valence-corrected chi connectivity index (χ3v) is 6.60. The molecule has 0 saturated carbocycles. The molecule has 0 spiro atoms. The predicted octanol–water partition coefficient (Wildman–Crippen LogP) is 3.64. The summed E-state index contributed by atoms with van der Waals surface area (Å²) < 4.78 is 5.82. The topological polar surface area (TPSA) is 130 Å². The highest BCUT2D eigenvalue weighted by Crippen LogP contribution is 2.20. The van der Waals surface area contributed by atoms with Gasteiger partial charge in [-0.25, -0.2) is 19.7 Å². The Labute approximate surface area is 232 Å². The Hall–Kier alpha value is -3.27. The van der Waals surface area contributed by atoms with E-state index in [1.165, 1.54) is 5.56 Å². The average Bonchev–Trinajstić information content (AvgIpc) is 2.88. The number of unbranched alkanes of at least 4 members (excludes halogenated alkanes) is 1. The van der Waals surface area contributed by atoms with Gasteiger partial charge < -0.3 is 20.5 Å². The number of carboxylic acid groups (broad SMARTS) is 1. The van der Waals surface area contributed by atoms with Gasteiger partial charge >= 0.3 is 5.97 Å². The Morgan fingerprint density at radius 1 is 1.15 bits per heavy atom. The minimum absolute atomic E-state index is 0.209. The Morgan fingerprint density at radius 2 is 1.92 bits per heavy atom. The van der Waals surface area contributed by atoms with Gasteiger partial charge in [-0.3, -0.25) is 9.69 Å². The Kier molecular flexibility index (Phi) is 11.5. The number of pyridine rings is 1. The molecule has 1 atom stereocenters. The molecule has 0 bridgehead atoms. The maximum absolute atomic E-state index is 12.4. The van der Waals surface area contributed by atoms with Crippen LogP contribution in [-0.2, 0) is 22.4 Å². The molecule has 3 heterocycles. The van der Waals surface area contributed by atoms with Crippen molar-refractivity contribution in [2.75, 3.05) is 38.1 Å². The summed E-state index contributed by atoms with van der Waals surface area (Å²) in [7, 11) is 0. The van der Waals surface area contributed by atoms with E-state index < -0.39 is 12.0 Å². The first-order chi connectivity index (χ1) is 18.6. The van der Waals surface area contributed by atoms with E-state index in [4.69, 9.17) is 9.72 Å². The van der Waals surface area contributed by atoms with Crippen LogP contribution in [0.25, 0.3) is 0 Å². The van der Waals surface area contributed by atoms with Crippen LogP contribution in [0.3, 0.4) is 0 Å². The molecule has 1 aliphatic rings. The Bertz CT molecular complexity index is 1070. The lowest BCUT2D eigenvalue weighted by atomic mass is 9.92. The van der Waals surface area contributed by atoms with E-state index >= 15 is 0 Å². The Morgan fingerprint density at radius 3 is 2.64 bits per heavy atom. The van der Waals surface area contributed by atoms with Crippen LogP contribution in [0.15, 0.2) is 24.5 Å². The SMILES string of the molecule is Cc1ncc(OCCN(CCCCc2ccc3c(n2)NCCC3)CCC(NC(=O)CC(C)(C)C)C(=O)O)cn1. The number of fused-ring (bicyclic) bond motifs is 1. The van der Waals surface area contributed by atoms with Crippen LogP contribution >= 0.6 is 0 Å². The minimum Gasteiger partial charge on any atom is -0.489 e. The van der Waals surface area contributed by atoms with E-state index in [0.717, 1.165) is 56.7 Å². The number of rotatable bonds is 15. The van der Waals surface area contributed by atoms with Gasteiger partial charge in [-0.05, 0) is 69.0 Å². The predicted molar refractivity (Wildman–Crippen MR) is 151 cm³/mol. The molecule has 10 nitrogen and oxygen atoms in total. The van der Waals surface area contributed by atoms with Crippen molar-refractivity contribution >= 4 is 17.7 Å². The van der Waals surface area contributed by atoms with Gasteiger partial charge in [0.25, 0.3) is 0 Å². The third-order valence-electron chi connectivity index (χ3n) is 6.60. The molecule has 0 saturated heterocycles. The zero-order valence-corrected chi connectivity index (χ0v) is 23.8. The number of nitrogens with one attached hydrogen (secondary N) is 2. The molecule has 2 aromatic rings. The molecule has 0 fully saturated rings. The number of ether oxygens (including phenoxy) is 1. The summed E-state index contributed by atoms with van der Waals surface area (Å²) in [6.45, 7) is 11.0. The van der Waals surface area contributed by atoms with Gasteiger partial charge in [0.2, 0.25) is 5.91 Å². The second-order valence-electron chi connectivity index (χ2n) is 11.4. The number of carboxylic acids is 1. The average molecular weight is 541 g/mol. The molecule has 3 N–H and O–H groups in total. The first-order valence-electron chi connectivity index (χ1n) is 14.0. The molecular weight excluding hydrogens is 496 g/mol. The van der Waals surface area contributed by atoms with Gasteiger partial charge in [-0.1, -0.05) is 26.8 Å². The molecule has 3 rings (SSSR count). The maximum atomic E-state index is 12.4. The number of nitrogens with zero attached hydrogens (tertiary/aromatic N) is 4. The lowest BCUT2D eigenvalue weighted by Crippen LogP contribution is -2.44. The van der Waals surface area contributed by atoms with Crippen molar-refractivity contribution in [1.29, 1.82) is 0 Å². The molecule has 1 unspecified atom stereocenters. The van der Waals surface area contributed by atoms with Gasteiger partial charge in [0.1, 0.15) is 24.3 Å². The van der Waals surface area contributed by atoms with Crippen LogP contribution in [0.4, 0.5) is 5.82 Å². The fourth-order valence-corrected chi connectivity index (χ4v) is 4.53. The largest absolute Gasteiger partial charge is 0.489 e. The lowest BCUT2D eigenvalue weighted by Gasteiger charge is -2.25. The monoisotopic (exact) mass is 540 g/mol. The molecule has 2 aromatic heterocycles. The first-order valence-corrected chi connectivity index (χ1v) is 14.0. The van der Waals surface area contributed by atoms with E-state index in [1.54, 1.807) is 12.4 Å². The molecular formula is C29H44N6O4. The van der Waals surface area contributed by atoms with Crippen molar-refractivity contribution in [3.8, 4) is 5.75 Å². The number of aliphatic carboxylic acids is 1. The van der Waals surface area contributed by atoms with E-state index in [0.29, 0.717) is 37.7 Å². The summed E-state index contributed by atoms with van der Waals surface area (Å²) in [5, 5.41) is 15.8. The van der Waals surface area contributed by atoms with Gasteiger partial charge in [0.05, 0.1) is 12.4 Å². The highest BCUT2D eigenvalue weighted by molar-refractivity contribution is 5.83.